The first-order valence-corrected chi connectivity index (χ1v) is 19.1. The summed E-state index contributed by atoms with van der Waals surface area (Å²) in [5, 5.41) is 7.13. The van der Waals surface area contributed by atoms with E-state index in [0.717, 1.165) is 4.90 Å². The lowest BCUT2D eigenvalue weighted by Gasteiger charge is -2.36. The van der Waals surface area contributed by atoms with Crippen molar-refractivity contribution >= 4 is 51.6 Å². The number of amides is 5. The van der Waals surface area contributed by atoms with E-state index in [0.29, 0.717) is 12.8 Å². The van der Waals surface area contributed by atoms with Gasteiger partial charge in [0.2, 0.25) is 21.8 Å². The predicted octanol–water partition coefficient (Wildman–Crippen LogP) is 3.38. The number of hydrogen-bond acceptors (Lipinski definition) is 11. The van der Waals surface area contributed by atoms with Crippen molar-refractivity contribution < 1.29 is 51.4 Å². The molecule has 2 aliphatic carbocycles. The predicted molar refractivity (Wildman–Crippen MR) is 193 cm³/mol. The summed E-state index contributed by atoms with van der Waals surface area (Å²) in [6, 6.07) is 3.60. The number of sulfonamides is 1. The van der Waals surface area contributed by atoms with E-state index in [9.17, 15) is 37.2 Å². The van der Waals surface area contributed by atoms with E-state index in [-0.39, 0.29) is 30.6 Å². The number of alkyl carbamates (subject to hydrolysis) is 1. The van der Waals surface area contributed by atoms with E-state index in [1.54, 1.807) is 67.5 Å². The molecule has 0 aromatic heterocycles. The van der Waals surface area contributed by atoms with Gasteiger partial charge in [0, 0.05) is 12.3 Å². The highest BCUT2D eigenvalue weighted by Gasteiger charge is 2.62. The molecule has 16 nitrogen and oxygen atoms in total. The maximum atomic E-state index is 14.3. The zero-order valence-corrected chi connectivity index (χ0v) is 32.3. The van der Waals surface area contributed by atoms with Gasteiger partial charge >= 0.3 is 18.2 Å². The first-order chi connectivity index (χ1) is 24.5. The first-order valence-electron chi connectivity index (χ1n) is 17.6. The quantitative estimate of drug-likeness (QED) is 0.138. The zero-order chi connectivity index (χ0) is 39.7. The van der Waals surface area contributed by atoms with Gasteiger partial charge in [0.25, 0.3) is 5.91 Å². The Labute approximate surface area is 310 Å². The third kappa shape index (κ3) is 10.3. The summed E-state index contributed by atoms with van der Waals surface area (Å²) in [6.07, 6.45) is -1.22. The van der Waals surface area contributed by atoms with Crippen molar-refractivity contribution in [2.45, 2.75) is 122 Å². The molecule has 1 unspecified atom stereocenters. The van der Waals surface area contributed by atoms with Gasteiger partial charge in [-0.1, -0.05) is 39.0 Å². The number of rotatable bonds is 12. The van der Waals surface area contributed by atoms with Crippen LogP contribution >= 0.6 is 0 Å². The molecule has 2 saturated carbocycles. The molecular formula is C36H51N5O11S. The maximum absolute atomic E-state index is 14.3. The van der Waals surface area contributed by atoms with Crippen LogP contribution in [0.3, 0.4) is 0 Å². The number of carbonyl (C=O) groups excluding carboxylic acids is 6. The van der Waals surface area contributed by atoms with Crippen LogP contribution in [0.4, 0.5) is 15.3 Å². The average molecular weight is 762 g/mol. The molecule has 1 aromatic carbocycles. The molecule has 17 heteroatoms. The summed E-state index contributed by atoms with van der Waals surface area (Å²) < 4.78 is 43.7. The summed E-state index contributed by atoms with van der Waals surface area (Å²) in [6.45, 7) is 16.9. The van der Waals surface area contributed by atoms with Crippen LogP contribution in [0.5, 0.6) is 0 Å². The second kappa shape index (κ2) is 15.4. The fraction of sp³-hybridized carbons (Fsp3) is 0.611. The monoisotopic (exact) mass is 761 g/mol. The third-order valence-electron chi connectivity index (χ3n) is 8.87. The zero-order valence-electron chi connectivity index (χ0n) is 31.4. The molecule has 3 fully saturated rings. The molecule has 5 amide bonds. The van der Waals surface area contributed by atoms with E-state index < -0.39 is 97.9 Å². The van der Waals surface area contributed by atoms with Crippen LogP contribution in [0.15, 0.2) is 36.9 Å². The molecule has 5 atom stereocenters. The van der Waals surface area contributed by atoms with Gasteiger partial charge < -0.3 is 29.7 Å². The summed E-state index contributed by atoms with van der Waals surface area (Å²) in [5.41, 5.74) is -3.24. The van der Waals surface area contributed by atoms with Crippen molar-refractivity contribution in [3.05, 3.63) is 42.5 Å². The molecule has 3 aliphatic rings. The van der Waals surface area contributed by atoms with Crippen molar-refractivity contribution in [1.29, 1.82) is 0 Å². The number of hydrogen-bond donors (Lipinski definition) is 4. The molecule has 1 aromatic rings. The molecule has 1 heterocycles. The van der Waals surface area contributed by atoms with Crippen molar-refractivity contribution in [3.8, 4) is 0 Å². The van der Waals surface area contributed by atoms with Gasteiger partial charge in [-0.3, -0.25) is 24.4 Å². The first kappa shape index (κ1) is 41.1. The lowest BCUT2D eigenvalue weighted by molar-refractivity contribution is -0.143. The minimum atomic E-state index is -3.95. The minimum Gasteiger partial charge on any atom is -0.459 e. The number of anilines is 1. The Morgan fingerprint density at radius 1 is 1.00 bits per heavy atom. The molecule has 1 aliphatic heterocycles. The van der Waals surface area contributed by atoms with Crippen molar-refractivity contribution in [3.63, 3.8) is 0 Å². The van der Waals surface area contributed by atoms with Gasteiger partial charge in [-0.05, 0) is 71.4 Å². The minimum absolute atomic E-state index is 0.0702. The number of para-hydroxylation sites is 1. The Morgan fingerprint density at radius 2 is 1.64 bits per heavy atom. The van der Waals surface area contributed by atoms with Gasteiger partial charge in [0.15, 0.2) is 0 Å². The molecule has 0 bridgehead atoms. The number of carbonyl (C=O) groups is 6. The molecule has 4 N–H and O–H groups in total. The fourth-order valence-electron chi connectivity index (χ4n) is 5.97. The van der Waals surface area contributed by atoms with Crippen LogP contribution in [-0.2, 0) is 38.6 Å². The van der Waals surface area contributed by atoms with E-state index in [2.05, 4.69) is 27.3 Å². The smallest absolute Gasteiger partial charge is 0.411 e. The summed E-state index contributed by atoms with van der Waals surface area (Å²) in [7, 11) is -3.95. The largest absolute Gasteiger partial charge is 0.459 e. The van der Waals surface area contributed by atoms with Crippen LogP contribution < -0.4 is 20.7 Å². The number of esters is 1. The molecule has 53 heavy (non-hydrogen) atoms. The highest BCUT2D eigenvalue weighted by molar-refractivity contribution is 7.91. The number of ether oxygens (including phenoxy) is 3. The van der Waals surface area contributed by atoms with E-state index in [4.69, 9.17) is 14.2 Å². The highest BCUT2D eigenvalue weighted by atomic mass is 32.2. The van der Waals surface area contributed by atoms with E-state index >= 15 is 0 Å². The SMILES string of the molecule is C=CC1C[C@]1(NC(=O)[C@@H]1C[C@@H](OC(=O)Nc2ccccc2C(=O)OC(C)C)CN1C(=O)[C@@H](NC(=O)OC(C)(C)C)C(C)(C)C)C(=O)NS(=O)(=O)C1CC1. The number of benzene rings is 1. The molecule has 4 rings (SSSR count). The van der Waals surface area contributed by atoms with Gasteiger partial charge in [-0.15, -0.1) is 6.58 Å². The van der Waals surface area contributed by atoms with Gasteiger partial charge in [0.1, 0.15) is 29.3 Å². The number of nitrogens with one attached hydrogen (secondary N) is 4. The molecule has 0 spiro atoms. The topological polar surface area (TPSA) is 216 Å². The standard InChI is InChI=1S/C36H51N5O11S/c1-10-21-18-36(21,31(45)40-53(48,49)23-15-16-23)39-28(42)26-17-22(51-32(46)37-25-14-12-11-13-24(25)30(44)50-20(2)3)19-41(26)29(43)27(34(4,5)6)38-33(47)52-35(7,8)9/h10-14,20-23,26-27H,1,15-19H2,2-9H3,(H,37,46)(H,38,47)(H,39,42)(H,40,45)/t21?,22-,26+,27-,36-/m1/s1. The van der Waals surface area contributed by atoms with E-state index in [1.165, 1.54) is 18.2 Å². The second-order valence-corrected chi connectivity index (χ2v) is 18.0. The lowest BCUT2D eigenvalue weighted by Crippen LogP contribution is -2.60. The summed E-state index contributed by atoms with van der Waals surface area (Å²) in [4.78, 5) is 81.7. The van der Waals surface area contributed by atoms with Crippen LogP contribution in [0.1, 0.15) is 91.4 Å². The summed E-state index contributed by atoms with van der Waals surface area (Å²) in [5.74, 6) is -3.68. The van der Waals surface area contributed by atoms with E-state index in [1.807, 2.05) is 0 Å². The van der Waals surface area contributed by atoms with Crippen LogP contribution in [0, 0.1) is 11.3 Å². The summed E-state index contributed by atoms with van der Waals surface area (Å²) >= 11 is 0. The van der Waals surface area contributed by atoms with Crippen LogP contribution in [0.25, 0.3) is 0 Å². The Hall–Kier alpha value is -4.67. The second-order valence-electron chi connectivity index (χ2n) is 16.0. The molecule has 292 valence electrons. The van der Waals surface area contributed by atoms with Crippen molar-refractivity contribution in [2.24, 2.45) is 11.3 Å². The van der Waals surface area contributed by atoms with Crippen molar-refractivity contribution in [1.82, 2.24) is 20.3 Å². The fourth-order valence-corrected chi connectivity index (χ4v) is 7.34. The van der Waals surface area contributed by atoms with Crippen LogP contribution in [0.2, 0.25) is 0 Å². The Morgan fingerprint density at radius 3 is 2.19 bits per heavy atom. The Bertz CT molecular complexity index is 1750. The van der Waals surface area contributed by atoms with Gasteiger partial charge in [0.05, 0.1) is 29.1 Å². The maximum Gasteiger partial charge on any atom is 0.411 e. The third-order valence-corrected chi connectivity index (χ3v) is 10.7. The lowest BCUT2D eigenvalue weighted by atomic mass is 9.85. The average Bonchev–Trinajstić information content (AvgIpc) is 3.95. The Balaban J connectivity index is 1.60. The molecule has 0 radical (unpaired) electrons. The number of likely N-dealkylation sites (tertiary alicyclic amines) is 1. The van der Waals surface area contributed by atoms with Gasteiger partial charge in [-0.2, -0.15) is 0 Å². The van der Waals surface area contributed by atoms with Crippen molar-refractivity contribution in [2.75, 3.05) is 11.9 Å². The van der Waals surface area contributed by atoms with Gasteiger partial charge in [-0.25, -0.2) is 22.8 Å². The Kier molecular flexibility index (Phi) is 11.9. The number of nitrogens with zero attached hydrogens (tertiary/aromatic N) is 1. The molecule has 1 saturated heterocycles. The molecular weight excluding hydrogens is 710 g/mol. The normalized spacial score (nSPS) is 23.3. The van der Waals surface area contributed by atoms with Crippen LogP contribution in [-0.4, -0.2) is 96.4 Å². The highest BCUT2D eigenvalue weighted by Crippen LogP contribution is 2.45.